The summed E-state index contributed by atoms with van der Waals surface area (Å²) >= 11 is 0. The summed E-state index contributed by atoms with van der Waals surface area (Å²) < 4.78 is 2.35. The molecule has 112 valence electrons. The molecule has 2 aromatic rings. The number of nitrogens with two attached hydrogens (primary N) is 1. The molecule has 1 heterocycles. The molecule has 0 amide bonds. The zero-order valence-corrected chi connectivity index (χ0v) is 13.0. The molecule has 2 unspecified atom stereocenters. The standard InChI is InChI=1S/C19H26N2/c1-2-18(20)12-15-10-11-21(13-15)14-17-8-5-7-16-6-3-4-9-19(16)17/h3-4,6,9-11,13,17-18H,2,5,7-8,12,14,20H2,1H3. The van der Waals surface area contributed by atoms with Crippen molar-refractivity contribution in [3.8, 4) is 0 Å². The van der Waals surface area contributed by atoms with Gasteiger partial charge in [0, 0.05) is 30.9 Å². The topological polar surface area (TPSA) is 30.9 Å². The Labute approximate surface area is 128 Å². The van der Waals surface area contributed by atoms with Crippen LogP contribution < -0.4 is 5.73 Å². The Hall–Kier alpha value is -1.54. The summed E-state index contributed by atoms with van der Waals surface area (Å²) in [7, 11) is 0. The Bertz CT molecular complexity index is 585. The van der Waals surface area contributed by atoms with Crippen molar-refractivity contribution in [3.05, 3.63) is 59.4 Å². The van der Waals surface area contributed by atoms with Crippen molar-refractivity contribution < 1.29 is 0 Å². The molecular weight excluding hydrogens is 256 g/mol. The lowest BCUT2D eigenvalue weighted by Crippen LogP contribution is -2.21. The van der Waals surface area contributed by atoms with Gasteiger partial charge in [-0.3, -0.25) is 0 Å². The van der Waals surface area contributed by atoms with Gasteiger partial charge in [-0.05, 0) is 54.9 Å². The van der Waals surface area contributed by atoms with E-state index < -0.39 is 0 Å². The molecule has 0 aliphatic heterocycles. The highest BCUT2D eigenvalue weighted by Gasteiger charge is 2.19. The number of benzene rings is 1. The highest BCUT2D eigenvalue weighted by Crippen LogP contribution is 2.32. The molecule has 2 nitrogen and oxygen atoms in total. The summed E-state index contributed by atoms with van der Waals surface area (Å²) in [5, 5.41) is 0. The van der Waals surface area contributed by atoms with E-state index in [0.717, 1.165) is 19.4 Å². The molecule has 0 bridgehead atoms. The molecule has 2 heteroatoms. The second-order valence-corrected chi connectivity index (χ2v) is 6.38. The molecule has 1 aliphatic carbocycles. The Morgan fingerprint density at radius 3 is 3.00 bits per heavy atom. The van der Waals surface area contributed by atoms with Gasteiger partial charge in [-0.1, -0.05) is 31.2 Å². The van der Waals surface area contributed by atoms with E-state index in [9.17, 15) is 0 Å². The van der Waals surface area contributed by atoms with Crippen LogP contribution >= 0.6 is 0 Å². The summed E-state index contributed by atoms with van der Waals surface area (Å²) in [6.45, 7) is 3.25. The predicted molar refractivity (Wildman–Crippen MR) is 88.5 cm³/mol. The van der Waals surface area contributed by atoms with E-state index in [0.29, 0.717) is 5.92 Å². The first-order chi connectivity index (χ1) is 10.3. The fraction of sp³-hybridized carbons (Fsp3) is 0.474. The largest absolute Gasteiger partial charge is 0.353 e. The van der Waals surface area contributed by atoms with Gasteiger partial charge in [0.1, 0.15) is 0 Å². The fourth-order valence-corrected chi connectivity index (χ4v) is 3.47. The molecule has 0 spiro atoms. The maximum absolute atomic E-state index is 6.05. The Balaban J connectivity index is 1.70. The van der Waals surface area contributed by atoms with E-state index in [2.05, 4.69) is 54.2 Å². The van der Waals surface area contributed by atoms with E-state index in [4.69, 9.17) is 5.73 Å². The molecule has 2 atom stereocenters. The van der Waals surface area contributed by atoms with E-state index >= 15 is 0 Å². The molecule has 1 aromatic carbocycles. The Kier molecular flexibility index (Phi) is 4.45. The summed E-state index contributed by atoms with van der Waals surface area (Å²) in [6, 6.07) is 11.5. The molecule has 0 saturated carbocycles. The van der Waals surface area contributed by atoms with Crippen molar-refractivity contribution in [3.63, 3.8) is 0 Å². The SMILES string of the molecule is CCC(N)Cc1ccn(CC2CCCc3ccccc32)c1. The first-order valence-electron chi connectivity index (χ1n) is 8.24. The molecule has 0 radical (unpaired) electrons. The van der Waals surface area contributed by atoms with Gasteiger partial charge in [-0.15, -0.1) is 0 Å². The molecule has 1 aromatic heterocycles. The van der Waals surface area contributed by atoms with Gasteiger partial charge in [0.15, 0.2) is 0 Å². The van der Waals surface area contributed by atoms with Crippen molar-refractivity contribution in [1.82, 2.24) is 4.57 Å². The number of aryl methyl sites for hydroxylation is 1. The number of fused-ring (bicyclic) bond motifs is 1. The minimum Gasteiger partial charge on any atom is -0.353 e. The van der Waals surface area contributed by atoms with Crippen LogP contribution in [0.1, 0.15) is 48.8 Å². The van der Waals surface area contributed by atoms with Crippen LogP contribution in [0.5, 0.6) is 0 Å². The predicted octanol–water partition coefficient (Wildman–Crippen LogP) is 3.89. The molecule has 0 fully saturated rings. The van der Waals surface area contributed by atoms with Crippen LogP contribution in [-0.4, -0.2) is 10.6 Å². The summed E-state index contributed by atoms with van der Waals surface area (Å²) in [6.07, 6.45) is 10.4. The minimum atomic E-state index is 0.288. The van der Waals surface area contributed by atoms with Crippen molar-refractivity contribution in [2.45, 2.75) is 57.5 Å². The molecule has 0 saturated heterocycles. The molecule has 1 aliphatic rings. The molecule has 3 rings (SSSR count). The van der Waals surface area contributed by atoms with Crippen molar-refractivity contribution in [2.24, 2.45) is 5.73 Å². The van der Waals surface area contributed by atoms with Gasteiger partial charge >= 0.3 is 0 Å². The first kappa shape index (κ1) is 14.4. The first-order valence-corrected chi connectivity index (χ1v) is 8.24. The van der Waals surface area contributed by atoms with Gasteiger partial charge in [0.05, 0.1) is 0 Å². The zero-order valence-electron chi connectivity index (χ0n) is 13.0. The Morgan fingerprint density at radius 1 is 1.29 bits per heavy atom. The van der Waals surface area contributed by atoms with Crippen LogP contribution in [0, 0.1) is 0 Å². The summed E-state index contributed by atoms with van der Waals surface area (Å²) in [5.74, 6) is 0.662. The average molecular weight is 282 g/mol. The highest BCUT2D eigenvalue weighted by molar-refractivity contribution is 5.32. The molecule has 2 N–H and O–H groups in total. The van der Waals surface area contributed by atoms with E-state index in [-0.39, 0.29) is 6.04 Å². The van der Waals surface area contributed by atoms with Crippen LogP contribution in [0.4, 0.5) is 0 Å². The summed E-state index contributed by atoms with van der Waals surface area (Å²) in [5.41, 5.74) is 10.5. The maximum Gasteiger partial charge on any atom is 0.0288 e. The van der Waals surface area contributed by atoms with Gasteiger partial charge < -0.3 is 10.3 Å². The van der Waals surface area contributed by atoms with Crippen LogP contribution in [0.25, 0.3) is 0 Å². The molecule has 21 heavy (non-hydrogen) atoms. The smallest absolute Gasteiger partial charge is 0.0288 e. The van der Waals surface area contributed by atoms with Crippen molar-refractivity contribution in [1.29, 1.82) is 0 Å². The van der Waals surface area contributed by atoms with Gasteiger partial charge in [0.25, 0.3) is 0 Å². The third kappa shape index (κ3) is 3.38. The number of hydrogen-bond donors (Lipinski definition) is 1. The lowest BCUT2D eigenvalue weighted by Gasteiger charge is -2.25. The maximum atomic E-state index is 6.05. The quantitative estimate of drug-likeness (QED) is 0.886. The third-order valence-electron chi connectivity index (χ3n) is 4.76. The normalized spacial score (nSPS) is 19.2. The van der Waals surface area contributed by atoms with E-state index in [1.165, 1.54) is 24.8 Å². The van der Waals surface area contributed by atoms with Crippen LogP contribution in [0.3, 0.4) is 0 Å². The zero-order chi connectivity index (χ0) is 14.7. The monoisotopic (exact) mass is 282 g/mol. The number of rotatable bonds is 5. The van der Waals surface area contributed by atoms with Gasteiger partial charge in [0.2, 0.25) is 0 Å². The second-order valence-electron chi connectivity index (χ2n) is 6.38. The van der Waals surface area contributed by atoms with Gasteiger partial charge in [-0.2, -0.15) is 0 Å². The van der Waals surface area contributed by atoms with Crippen LogP contribution in [-0.2, 0) is 19.4 Å². The third-order valence-corrected chi connectivity index (χ3v) is 4.76. The second kappa shape index (κ2) is 6.48. The van der Waals surface area contributed by atoms with Crippen molar-refractivity contribution >= 4 is 0 Å². The van der Waals surface area contributed by atoms with Crippen LogP contribution in [0.2, 0.25) is 0 Å². The highest BCUT2D eigenvalue weighted by atomic mass is 14.9. The fourth-order valence-electron chi connectivity index (χ4n) is 3.47. The minimum absolute atomic E-state index is 0.288. The van der Waals surface area contributed by atoms with Crippen molar-refractivity contribution in [2.75, 3.05) is 0 Å². The lowest BCUT2D eigenvalue weighted by atomic mass is 9.83. The van der Waals surface area contributed by atoms with E-state index in [1.54, 1.807) is 11.1 Å². The molecular formula is C19H26N2. The number of hydrogen-bond acceptors (Lipinski definition) is 1. The number of nitrogens with zero attached hydrogens (tertiary/aromatic N) is 1. The van der Waals surface area contributed by atoms with E-state index in [1.807, 2.05) is 0 Å². The average Bonchev–Trinajstić information content (AvgIpc) is 2.94. The lowest BCUT2D eigenvalue weighted by molar-refractivity contribution is 0.483. The number of aromatic nitrogens is 1. The van der Waals surface area contributed by atoms with Gasteiger partial charge in [-0.25, -0.2) is 0 Å². The van der Waals surface area contributed by atoms with Crippen LogP contribution in [0.15, 0.2) is 42.7 Å². The Morgan fingerprint density at radius 2 is 2.14 bits per heavy atom. The summed E-state index contributed by atoms with van der Waals surface area (Å²) in [4.78, 5) is 0.